The number of ether oxygens (including phenoxy) is 1. The van der Waals surface area contributed by atoms with E-state index in [1.54, 1.807) is 7.11 Å². The van der Waals surface area contributed by atoms with Gasteiger partial charge in [-0.15, -0.1) is 0 Å². The molecule has 6 nitrogen and oxygen atoms in total. The van der Waals surface area contributed by atoms with Crippen molar-refractivity contribution < 1.29 is 4.74 Å². The molecule has 0 amide bonds. The second kappa shape index (κ2) is 8.70. The molecule has 6 heteroatoms. The van der Waals surface area contributed by atoms with Crippen LogP contribution in [0, 0.1) is 5.41 Å². The molecule has 0 aromatic rings. The normalized spacial score (nSPS) is 23.4. The molecule has 130 valence electrons. The van der Waals surface area contributed by atoms with Crippen LogP contribution in [-0.4, -0.2) is 88.9 Å². The summed E-state index contributed by atoms with van der Waals surface area (Å²) in [5.41, 5.74) is 0.104. The van der Waals surface area contributed by atoms with Crippen LogP contribution in [0.1, 0.15) is 20.8 Å². The topological polar surface area (TPSA) is 52.1 Å². The zero-order valence-electron chi connectivity index (χ0n) is 15.4. The van der Waals surface area contributed by atoms with Crippen LogP contribution in [0.15, 0.2) is 4.99 Å². The molecule has 0 radical (unpaired) electrons. The largest absolute Gasteiger partial charge is 0.379 e. The minimum atomic E-state index is 0.104. The van der Waals surface area contributed by atoms with E-state index >= 15 is 0 Å². The van der Waals surface area contributed by atoms with E-state index in [9.17, 15) is 0 Å². The summed E-state index contributed by atoms with van der Waals surface area (Å²) in [6, 6.07) is 0.512. The van der Waals surface area contributed by atoms with Crippen LogP contribution in [0.2, 0.25) is 0 Å². The molecule has 0 aliphatic carbocycles. The monoisotopic (exact) mass is 313 g/mol. The molecule has 1 aliphatic heterocycles. The number of methoxy groups -OCH3 is 1. The third kappa shape index (κ3) is 6.10. The van der Waals surface area contributed by atoms with Crippen molar-refractivity contribution in [3.05, 3.63) is 0 Å². The standard InChI is InChI=1S/C16H35N5O/c1-16(2,3)14(22-7)11-19-15(17-4)18-10-13-12-20(5)8-9-21(13)6/h13-14H,8-12H2,1-7H3,(H2,17,18,19). The van der Waals surface area contributed by atoms with Gasteiger partial charge in [0.25, 0.3) is 0 Å². The summed E-state index contributed by atoms with van der Waals surface area (Å²) in [6.07, 6.45) is 0.148. The molecule has 2 N–H and O–H groups in total. The summed E-state index contributed by atoms with van der Waals surface area (Å²) in [4.78, 5) is 9.10. The molecular formula is C16H35N5O. The molecule has 2 atom stereocenters. The second-order valence-corrected chi connectivity index (χ2v) is 7.32. The first-order valence-corrected chi connectivity index (χ1v) is 8.14. The predicted octanol–water partition coefficient (Wildman–Crippen LogP) is 0.458. The van der Waals surface area contributed by atoms with Crippen LogP contribution in [-0.2, 0) is 4.74 Å². The molecule has 1 rings (SSSR count). The average molecular weight is 313 g/mol. The first-order valence-electron chi connectivity index (χ1n) is 8.14. The molecule has 0 saturated carbocycles. The highest BCUT2D eigenvalue weighted by Crippen LogP contribution is 2.20. The number of aliphatic imine (C=N–C) groups is 1. The third-order valence-electron chi connectivity index (χ3n) is 4.41. The van der Waals surface area contributed by atoms with Crippen LogP contribution in [0.4, 0.5) is 0 Å². The molecule has 2 unspecified atom stereocenters. The summed E-state index contributed by atoms with van der Waals surface area (Å²) < 4.78 is 5.58. The Labute approximate surface area is 136 Å². The van der Waals surface area contributed by atoms with E-state index in [0.717, 1.165) is 38.7 Å². The van der Waals surface area contributed by atoms with Crippen LogP contribution in [0.3, 0.4) is 0 Å². The fraction of sp³-hybridized carbons (Fsp3) is 0.938. The van der Waals surface area contributed by atoms with Gasteiger partial charge in [0.2, 0.25) is 0 Å². The number of guanidine groups is 1. The fourth-order valence-corrected chi connectivity index (χ4v) is 2.69. The van der Waals surface area contributed by atoms with Crippen molar-refractivity contribution in [1.82, 2.24) is 20.4 Å². The van der Waals surface area contributed by atoms with Gasteiger partial charge in [0.1, 0.15) is 0 Å². The van der Waals surface area contributed by atoms with Gasteiger partial charge in [-0.05, 0) is 19.5 Å². The van der Waals surface area contributed by atoms with E-state index < -0.39 is 0 Å². The highest BCUT2D eigenvalue weighted by Gasteiger charge is 2.25. The lowest BCUT2D eigenvalue weighted by molar-refractivity contribution is 0.0205. The van der Waals surface area contributed by atoms with Crippen LogP contribution in [0.25, 0.3) is 0 Å². The summed E-state index contributed by atoms with van der Waals surface area (Å²) in [6.45, 7) is 11.5. The summed E-state index contributed by atoms with van der Waals surface area (Å²) in [5.74, 6) is 0.841. The number of piperazine rings is 1. The highest BCUT2D eigenvalue weighted by molar-refractivity contribution is 5.79. The number of hydrogen-bond acceptors (Lipinski definition) is 4. The Balaban J connectivity index is 2.42. The lowest BCUT2D eigenvalue weighted by Crippen LogP contribution is -2.56. The van der Waals surface area contributed by atoms with Gasteiger partial charge in [-0.2, -0.15) is 0 Å². The SMILES string of the molecule is CN=C(NCC1CN(C)CCN1C)NCC(OC)C(C)(C)C. The Bertz CT molecular complexity index is 353. The quantitative estimate of drug-likeness (QED) is 0.570. The molecule has 0 aromatic heterocycles. The number of likely N-dealkylation sites (N-methyl/N-ethyl adjacent to an activating group) is 2. The van der Waals surface area contributed by atoms with Gasteiger partial charge in [-0.3, -0.25) is 9.89 Å². The van der Waals surface area contributed by atoms with Crippen molar-refractivity contribution >= 4 is 5.96 Å². The zero-order valence-corrected chi connectivity index (χ0v) is 15.4. The van der Waals surface area contributed by atoms with Crippen LogP contribution in [0.5, 0.6) is 0 Å². The molecule has 0 spiro atoms. The van der Waals surface area contributed by atoms with E-state index in [2.05, 4.69) is 60.3 Å². The Hall–Kier alpha value is -0.850. The molecule has 0 aromatic carbocycles. The van der Waals surface area contributed by atoms with Gasteiger partial charge in [-0.1, -0.05) is 20.8 Å². The van der Waals surface area contributed by atoms with Crippen LogP contribution < -0.4 is 10.6 Å². The van der Waals surface area contributed by atoms with Crippen molar-refractivity contribution in [1.29, 1.82) is 0 Å². The molecular weight excluding hydrogens is 278 g/mol. The number of rotatable bonds is 5. The van der Waals surface area contributed by atoms with E-state index in [4.69, 9.17) is 4.74 Å². The van der Waals surface area contributed by atoms with Crippen LogP contribution >= 0.6 is 0 Å². The Morgan fingerprint density at radius 2 is 1.95 bits per heavy atom. The lowest BCUT2D eigenvalue weighted by atomic mass is 9.89. The smallest absolute Gasteiger partial charge is 0.191 e. The number of nitrogens with zero attached hydrogens (tertiary/aromatic N) is 3. The minimum absolute atomic E-state index is 0.104. The predicted molar refractivity (Wildman–Crippen MR) is 93.5 cm³/mol. The van der Waals surface area contributed by atoms with Gasteiger partial charge < -0.3 is 20.3 Å². The van der Waals surface area contributed by atoms with E-state index in [0.29, 0.717) is 6.04 Å². The fourth-order valence-electron chi connectivity index (χ4n) is 2.69. The van der Waals surface area contributed by atoms with Crippen molar-refractivity contribution in [2.24, 2.45) is 10.4 Å². The maximum absolute atomic E-state index is 5.58. The van der Waals surface area contributed by atoms with E-state index in [1.165, 1.54) is 0 Å². The van der Waals surface area contributed by atoms with E-state index in [-0.39, 0.29) is 11.5 Å². The Morgan fingerprint density at radius 3 is 2.50 bits per heavy atom. The van der Waals surface area contributed by atoms with Gasteiger partial charge in [0.05, 0.1) is 6.10 Å². The van der Waals surface area contributed by atoms with E-state index in [1.807, 2.05) is 7.05 Å². The summed E-state index contributed by atoms with van der Waals surface area (Å²) in [5, 5.41) is 6.81. The Morgan fingerprint density at radius 1 is 1.27 bits per heavy atom. The van der Waals surface area contributed by atoms with Gasteiger partial charge in [0, 0.05) is 52.9 Å². The molecule has 1 heterocycles. The zero-order chi connectivity index (χ0) is 16.8. The van der Waals surface area contributed by atoms with Gasteiger partial charge in [0.15, 0.2) is 5.96 Å². The van der Waals surface area contributed by atoms with Crippen molar-refractivity contribution in [3.63, 3.8) is 0 Å². The molecule has 1 saturated heterocycles. The molecule has 1 aliphatic rings. The molecule has 0 bridgehead atoms. The average Bonchev–Trinajstić information content (AvgIpc) is 2.44. The maximum Gasteiger partial charge on any atom is 0.191 e. The van der Waals surface area contributed by atoms with Gasteiger partial charge >= 0.3 is 0 Å². The highest BCUT2D eigenvalue weighted by atomic mass is 16.5. The molecule has 22 heavy (non-hydrogen) atoms. The molecule has 1 fully saturated rings. The second-order valence-electron chi connectivity index (χ2n) is 7.32. The van der Waals surface area contributed by atoms with Crippen molar-refractivity contribution in [2.75, 3.05) is 61.0 Å². The lowest BCUT2D eigenvalue weighted by Gasteiger charge is -2.38. The van der Waals surface area contributed by atoms with Crippen molar-refractivity contribution in [3.8, 4) is 0 Å². The van der Waals surface area contributed by atoms with Gasteiger partial charge in [-0.25, -0.2) is 0 Å². The maximum atomic E-state index is 5.58. The first kappa shape index (κ1) is 19.2. The number of nitrogens with one attached hydrogen (secondary N) is 2. The minimum Gasteiger partial charge on any atom is -0.379 e. The first-order chi connectivity index (χ1) is 10.3. The summed E-state index contributed by atoms with van der Waals surface area (Å²) >= 11 is 0. The Kier molecular flexibility index (Phi) is 7.59. The van der Waals surface area contributed by atoms with Crippen molar-refractivity contribution in [2.45, 2.75) is 32.9 Å². The number of hydrogen-bond donors (Lipinski definition) is 2. The third-order valence-corrected chi connectivity index (χ3v) is 4.41. The summed E-state index contributed by atoms with van der Waals surface area (Å²) in [7, 11) is 7.95.